The van der Waals surface area contributed by atoms with Gasteiger partial charge in [-0.3, -0.25) is 0 Å². The first-order valence-corrected chi connectivity index (χ1v) is 4.90. The Balaban J connectivity index is 2.17. The van der Waals surface area contributed by atoms with Crippen LogP contribution in [0.3, 0.4) is 0 Å². The van der Waals surface area contributed by atoms with E-state index in [1.807, 2.05) is 0 Å². The van der Waals surface area contributed by atoms with Crippen molar-refractivity contribution in [2.45, 2.75) is 6.54 Å². The number of furan rings is 1. The number of rotatable bonds is 4. The summed E-state index contributed by atoms with van der Waals surface area (Å²) in [6.07, 6.45) is 4.53. The molecule has 2 heterocycles. The van der Waals surface area contributed by atoms with Gasteiger partial charge in [0.2, 0.25) is 0 Å². The molecule has 2 aromatic heterocycles. The van der Waals surface area contributed by atoms with Gasteiger partial charge in [-0.15, -0.1) is 0 Å². The summed E-state index contributed by atoms with van der Waals surface area (Å²) in [5, 5.41) is 11.9. The molecular formula is C11H11N3O3. The molecule has 0 saturated heterocycles. The molecule has 0 radical (unpaired) electrons. The minimum absolute atomic E-state index is 0.0495. The lowest BCUT2D eigenvalue weighted by molar-refractivity contribution is 0.0697. The average Bonchev–Trinajstić information content (AvgIpc) is 2.80. The van der Waals surface area contributed by atoms with Crippen LogP contribution in [0.5, 0.6) is 0 Å². The van der Waals surface area contributed by atoms with Gasteiger partial charge in [-0.2, -0.15) is 0 Å². The Labute approximate surface area is 97.1 Å². The summed E-state index contributed by atoms with van der Waals surface area (Å²) in [6, 6.07) is 3.15. The molecule has 0 bridgehead atoms. The van der Waals surface area contributed by atoms with E-state index in [4.69, 9.17) is 15.3 Å². The third-order valence-electron chi connectivity index (χ3n) is 2.18. The number of hydrogen-bond donors (Lipinski definition) is 3. The third-order valence-corrected chi connectivity index (χ3v) is 2.18. The molecule has 0 aromatic carbocycles. The molecule has 6 nitrogen and oxygen atoms in total. The highest BCUT2D eigenvalue weighted by Gasteiger charge is 2.11. The Kier molecular flexibility index (Phi) is 2.95. The monoisotopic (exact) mass is 233 g/mol. The largest absolute Gasteiger partial charge is 0.478 e. The minimum Gasteiger partial charge on any atom is -0.478 e. The number of aromatic carboxylic acids is 1. The Bertz CT molecular complexity index is 523. The molecular weight excluding hydrogens is 222 g/mol. The molecule has 0 aliphatic heterocycles. The highest BCUT2D eigenvalue weighted by molar-refractivity contribution is 5.94. The van der Waals surface area contributed by atoms with E-state index < -0.39 is 5.97 Å². The number of nitrogens with one attached hydrogen (secondary N) is 1. The summed E-state index contributed by atoms with van der Waals surface area (Å²) in [5.41, 5.74) is 6.76. The van der Waals surface area contributed by atoms with E-state index in [2.05, 4.69) is 10.3 Å². The van der Waals surface area contributed by atoms with Gasteiger partial charge in [0.1, 0.15) is 11.4 Å². The maximum atomic E-state index is 11.0. The summed E-state index contributed by atoms with van der Waals surface area (Å²) in [4.78, 5) is 14.9. The van der Waals surface area contributed by atoms with Crippen LogP contribution in [0, 0.1) is 0 Å². The Hall–Kier alpha value is -2.50. The number of pyridine rings is 1. The predicted molar refractivity (Wildman–Crippen MR) is 61.6 cm³/mol. The Morgan fingerprint density at radius 2 is 2.41 bits per heavy atom. The number of carbonyl (C=O) groups is 1. The molecule has 0 spiro atoms. The second-order valence-corrected chi connectivity index (χ2v) is 3.46. The lowest BCUT2D eigenvalue weighted by atomic mass is 10.2. The fourth-order valence-electron chi connectivity index (χ4n) is 1.36. The van der Waals surface area contributed by atoms with Crippen molar-refractivity contribution in [1.29, 1.82) is 0 Å². The normalized spacial score (nSPS) is 10.1. The van der Waals surface area contributed by atoms with Crippen molar-refractivity contribution >= 4 is 17.5 Å². The Morgan fingerprint density at radius 3 is 3.06 bits per heavy atom. The van der Waals surface area contributed by atoms with Crippen LogP contribution >= 0.6 is 0 Å². The lowest BCUT2D eigenvalue weighted by Crippen LogP contribution is -2.08. The van der Waals surface area contributed by atoms with E-state index in [1.54, 1.807) is 18.6 Å². The number of carboxylic acids is 1. The summed E-state index contributed by atoms with van der Waals surface area (Å²) in [5.74, 6) is -0.785. The average molecular weight is 233 g/mol. The number of aromatic nitrogens is 1. The van der Waals surface area contributed by atoms with E-state index >= 15 is 0 Å². The molecule has 0 fully saturated rings. The number of anilines is 2. The highest BCUT2D eigenvalue weighted by atomic mass is 16.4. The van der Waals surface area contributed by atoms with E-state index in [1.165, 1.54) is 12.3 Å². The van der Waals surface area contributed by atoms with E-state index in [0.717, 1.165) is 5.56 Å². The topological polar surface area (TPSA) is 101 Å². The quantitative estimate of drug-likeness (QED) is 0.740. The van der Waals surface area contributed by atoms with Gasteiger partial charge in [0.15, 0.2) is 0 Å². The number of carboxylic acid groups (broad SMARTS) is 1. The molecule has 2 aromatic rings. The van der Waals surface area contributed by atoms with Crippen molar-refractivity contribution in [3.8, 4) is 0 Å². The zero-order chi connectivity index (χ0) is 12.3. The van der Waals surface area contributed by atoms with Gasteiger partial charge in [0.05, 0.1) is 24.4 Å². The van der Waals surface area contributed by atoms with Crippen molar-refractivity contribution in [2.75, 3.05) is 11.1 Å². The van der Waals surface area contributed by atoms with Crippen LogP contribution in [-0.2, 0) is 6.54 Å². The molecule has 0 aliphatic carbocycles. The van der Waals surface area contributed by atoms with Crippen LogP contribution in [0.25, 0.3) is 0 Å². The number of hydrogen-bond acceptors (Lipinski definition) is 5. The van der Waals surface area contributed by atoms with Crippen LogP contribution in [0.1, 0.15) is 15.9 Å². The zero-order valence-corrected chi connectivity index (χ0v) is 8.88. The van der Waals surface area contributed by atoms with Gasteiger partial charge in [-0.25, -0.2) is 9.78 Å². The van der Waals surface area contributed by atoms with Crippen molar-refractivity contribution in [3.05, 3.63) is 42.0 Å². The summed E-state index contributed by atoms with van der Waals surface area (Å²) < 4.78 is 4.90. The van der Waals surface area contributed by atoms with Crippen LogP contribution in [0.2, 0.25) is 0 Å². The molecule has 0 amide bonds. The summed E-state index contributed by atoms with van der Waals surface area (Å²) >= 11 is 0. The molecule has 0 saturated carbocycles. The second kappa shape index (κ2) is 4.56. The van der Waals surface area contributed by atoms with E-state index in [-0.39, 0.29) is 11.4 Å². The maximum absolute atomic E-state index is 11.0. The van der Waals surface area contributed by atoms with Crippen molar-refractivity contribution in [2.24, 2.45) is 0 Å². The SMILES string of the molecule is Nc1cnc(NCc2ccoc2)c(C(=O)O)c1. The second-order valence-electron chi connectivity index (χ2n) is 3.46. The molecule has 0 atom stereocenters. The van der Waals surface area contributed by atoms with Crippen LogP contribution in [0.15, 0.2) is 35.3 Å². The van der Waals surface area contributed by atoms with Crippen molar-refractivity contribution < 1.29 is 14.3 Å². The highest BCUT2D eigenvalue weighted by Crippen LogP contribution is 2.16. The van der Waals surface area contributed by atoms with E-state index in [0.29, 0.717) is 12.2 Å². The molecule has 17 heavy (non-hydrogen) atoms. The third kappa shape index (κ3) is 2.54. The van der Waals surface area contributed by atoms with Gasteiger partial charge < -0.3 is 20.6 Å². The number of nitrogen functional groups attached to an aromatic ring is 1. The predicted octanol–water partition coefficient (Wildman–Crippen LogP) is 1.57. The van der Waals surface area contributed by atoms with Crippen LogP contribution in [0.4, 0.5) is 11.5 Å². The smallest absolute Gasteiger partial charge is 0.339 e. The molecule has 4 N–H and O–H groups in total. The molecule has 88 valence electrons. The minimum atomic E-state index is -1.07. The van der Waals surface area contributed by atoms with E-state index in [9.17, 15) is 4.79 Å². The van der Waals surface area contributed by atoms with Crippen molar-refractivity contribution in [1.82, 2.24) is 4.98 Å². The molecule has 0 aliphatic rings. The first kappa shape index (κ1) is 11.0. The fourth-order valence-corrected chi connectivity index (χ4v) is 1.36. The van der Waals surface area contributed by atoms with Crippen LogP contribution < -0.4 is 11.1 Å². The van der Waals surface area contributed by atoms with Gasteiger partial charge in [0, 0.05) is 12.1 Å². The lowest BCUT2D eigenvalue weighted by Gasteiger charge is -2.07. The Morgan fingerprint density at radius 1 is 1.59 bits per heavy atom. The molecule has 0 unspecified atom stereocenters. The van der Waals surface area contributed by atoms with Gasteiger partial charge in [0.25, 0.3) is 0 Å². The summed E-state index contributed by atoms with van der Waals surface area (Å²) in [6.45, 7) is 0.438. The standard InChI is InChI=1S/C11H11N3O3/c12-8-3-9(11(15)16)10(14-5-8)13-4-7-1-2-17-6-7/h1-3,5-6H,4,12H2,(H,13,14)(H,15,16). The first-order valence-electron chi connectivity index (χ1n) is 4.90. The maximum Gasteiger partial charge on any atom is 0.339 e. The van der Waals surface area contributed by atoms with Gasteiger partial charge in [-0.05, 0) is 12.1 Å². The van der Waals surface area contributed by atoms with Crippen LogP contribution in [-0.4, -0.2) is 16.1 Å². The molecule has 6 heteroatoms. The van der Waals surface area contributed by atoms with Gasteiger partial charge >= 0.3 is 5.97 Å². The summed E-state index contributed by atoms with van der Waals surface area (Å²) in [7, 11) is 0. The molecule has 2 rings (SSSR count). The number of nitrogens with zero attached hydrogens (tertiary/aromatic N) is 1. The fraction of sp³-hybridized carbons (Fsp3) is 0.0909. The first-order chi connectivity index (χ1) is 8.16. The van der Waals surface area contributed by atoms with Crippen molar-refractivity contribution in [3.63, 3.8) is 0 Å². The number of nitrogens with two attached hydrogens (primary N) is 1. The van der Waals surface area contributed by atoms with Gasteiger partial charge in [-0.1, -0.05) is 0 Å². The zero-order valence-electron chi connectivity index (χ0n) is 8.88.